The number of anilines is 1. The molecule has 0 aliphatic carbocycles. The van der Waals surface area contributed by atoms with Gasteiger partial charge in [0.05, 0.1) is 6.54 Å². The summed E-state index contributed by atoms with van der Waals surface area (Å²) in [5.41, 5.74) is -0.665. The molecule has 3 rings (SSSR count). The van der Waals surface area contributed by atoms with E-state index in [1.807, 2.05) is 6.92 Å². The molecule has 1 N–H and O–H groups in total. The molecular weight excluding hydrogens is 303 g/mol. The van der Waals surface area contributed by atoms with Gasteiger partial charge in [-0.05, 0) is 6.92 Å². The van der Waals surface area contributed by atoms with E-state index in [-0.39, 0.29) is 5.52 Å². The maximum absolute atomic E-state index is 12.7. The van der Waals surface area contributed by atoms with E-state index in [9.17, 15) is 13.2 Å². The van der Waals surface area contributed by atoms with Crippen LogP contribution >= 0.6 is 11.3 Å². The van der Waals surface area contributed by atoms with Crippen molar-refractivity contribution in [1.29, 1.82) is 0 Å². The standard InChI is InChI=1S/C12H10F3N5S/c1-7-5-17-10(21-7)6-18-11-8-4-9(12(13,14)15)19-20(8)3-2-16-11/h2-5H,6H2,1H3,(H,16,18). The fourth-order valence-corrected chi connectivity index (χ4v) is 2.57. The van der Waals surface area contributed by atoms with Crippen LogP contribution in [0.3, 0.4) is 0 Å². The van der Waals surface area contributed by atoms with Crippen molar-refractivity contribution in [2.75, 3.05) is 5.32 Å². The summed E-state index contributed by atoms with van der Waals surface area (Å²) in [5.74, 6) is 0.341. The molecule has 0 unspecified atom stereocenters. The monoisotopic (exact) mass is 313 g/mol. The lowest BCUT2D eigenvalue weighted by atomic mass is 10.3. The van der Waals surface area contributed by atoms with Gasteiger partial charge >= 0.3 is 6.18 Å². The lowest BCUT2D eigenvalue weighted by Gasteiger charge is -2.04. The van der Waals surface area contributed by atoms with Crippen molar-refractivity contribution in [2.24, 2.45) is 0 Å². The predicted octanol–water partition coefficient (Wildman–Crippen LogP) is 3.13. The first-order chi connectivity index (χ1) is 9.93. The Hall–Kier alpha value is -2.16. The van der Waals surface area contributed by atoms with Crippen molar-refractivity contribution in [1.82, 2.24) is 19.6 Å². The zero-order valence-corrected chi connectivity index (χ0v) is 11.7. The van der Waals surface area contributed by atoms with Gasteiger partial charge in [0.1, 0.15) is 10.5 Å². The van der Waals surface area contributed by atoms with Crippen LogP contribution < -0.4 is 5.32 Å². The lowest BCUT2D eigenvalue weighted by molar-refractivity contribution is -0.141. The number of fused-ring (bicyclic) bond motifs is 1. The van der Waals surface area contributed by atoms with Gasteiger partial charge in [0.2, 0.25) is 0 Å². The molecule has 0 bridgehead atoms. The Morgan fingerprint density at radius 1 is 1.33 bits per heavy atom. The molecule has 0 aliphatic heterocycles. The van der Waals surface area contributed by atoms with Crippen molar-refractivity contribution in [3.05, 3.63) is 40.2 Å². The number of alkyl halides is 3. The molecule has 0 atom stereocenters. The van der Waals surface area contributed by atoms with Crippen LogP contribution in [0.4, 0.5) is 19.0 Å². The van der Waals surface area contributed by atoms with Gasteiger partial charge in [-0.25, -0.2) is 14.5 Å². The molecule has 0 aromatic carbocycles. The Morgan fingerprint density at radius 2 is 2.14 bits per heavy atom. The first kappa shape index (κ1) is 13.8. The summed E-state index contributed by atoms with van der Waals surface area (Å²) in [5, 5.41) is 7.33. The molecular formula is C12H10F3N5S. The molecule has 0 saturated heterocycles. The fraction of sp³-hybridized carbons (Fsp3) is 0.250. The number of rotatable bonds is 3. The highest BCUT2D eigenvalue weighted by Crippen LogP contribution is 2.30. The van der Waals surface area contributed by atoms with Gasteiger partial charge in [-0.2, -0.15) is 18.3 Å². The van der Waals surface area contributed by atoms with Crippen molar-refractivity contribution in [2.45, 2.75) is 19.6 Å². The quantitative estimate of drug-likeness (QED) is 0.807. The molecule has 5 nitrogen and oxygen atoms in total. The van der Waals surface area contributed by atoms with Crippen molar-refractivity contribution in [3.8, 4) is 0 Å². The molecule has 3 heterocycles. The van der Waals surface area contributed by atoms with Gasteiger partial charge in [-0.15, -0.1) is 11.3 Å². The van der Waals surface area contributed by atoms with Gasteiger partial charge in [-0.1, -0.05) is 0 Å². The maximum atomic E-state index is 12.7. The largest absolute Gasteiger partial charge is 0.435 e. The SMILES string of the molecule is Cc1cnc(CNc2nccn3nc(C(F)(F)F)cc23)s1. The van der Waals surface area contributed by atoms with Crippen LogP contribution in [0.25, 0.3) is 5.52 Å². The molecule has 110 valence electrons. The highest BCUT2D eigenvalue weighted by atomic mass is 32.1. The summed E-state index contributed by atoms with van der Waals surface area (Å²) >= 11 is 1.52. The minimum absolute atomic E-state index is 0.276. The summed E-state index contributed by atoms with van der Waals surface area (Å²) in [4.78, 5) is 9.31. The van der Waals surface area contributed by atoms with Crippen LogP contribution in [0, 0.1) is 6.92 Å². The van der Waals surface area contributed by atoms with E-state index < -0.39 is 11.9 Å². The number of aryl methyl sites for hydroxylation is 1. The van der Waals surface area contributed by atoms with Gasteiger partial charge in [-0.3, -0.25) is 0 Å². The Balaban J connectivity index is 1.89. The number of hydrogen-bond donors (Lipinski definition) is 1. The van der Waals surface area contributed by atoms with Crippen LogP contribution in [0.15, 0.2) is 24.7 Å². The van der Waals surface area contributed by atoms with Gasteiger partial charge < -0.3 is 5.32 Å². The first-order valence-corrected chi connectivity index (χ1v) is 6.82. The van der Waals surface area contributed by atoms with Crippen LogP contribution in [-0.4, -0.2) is 19.6 Å². The van der Waals surface area contributed by atoms with Crippen LogP contribution in [0.5, 0.6) is 0 Å². The van der Waals surface area contributed by atoms with Crippen molar-refractivity contribution in [3.63, 3.8) is 0 Å². The van der Waals surface area contributed by atoms with Crippen molar-refractivity contribution >= 4 is 22.7 Å². The predicted molar refractivity (Wildman–Crippen MR) is 72.2 cm³/mol. The molecule has 0 amide bonds. The normalized spacial score (nSPS) is 12.0. The van der Waals surface area contributed by atoms with E-state index in [0.29, 0.717) is 12.4 Å². The minimum atomic E-state index is -4.48. The molecule has 3 aromatic rings. The zero-order valence-electron chi connectivity index (χ0n) is 10.8. The third-order valence-corrected chi connectivity index (χ3v) is 3.67. The van der Waals surface area contributed by atoms with E-state index in [1.165, 1.54) is 23.7 Å². The van der Waals surface area contributed by atoms with Gasteiger partial charge in [0.15, 0.2) is 11.5 Å². The smallest absolute Gasteiger partial charge is 0.362 e. The molecule has 0 fully saturated rings. The minimum Gasteiger partial charge on any atom is -0.362 e. The van der Waals surface area contributed by atoms with Crippen molar-refractivity contribution < 1.29 is 13.2 Å². The number of nitrogens with one attached hydrogen (secondary N) is 1. The summed E-state index contributed by atoms with van der Waals surface area (Å²) in [6, 6.07) is 0.975. The van der Waals surface area contributed by atoms with E-state index in [1.54, 1.807) is 6.20 Å². The molecule has 21 heavy (non-hydrogen) atoms. The Labute approximate surface area is 121 Å². The molecule has 0 spiro atoms. The number of nitrogens with zero attached hydrogens (tertiary/aromatic N) is 4. The van der Waals surface area contributed by atoms with E-state index >= 15 is 0 Å². The second-order valence-electron chi connectivity index (χ2n) is 4.35. The zero-order chi connectivity index (χ0) is 15.0. The summed E-state index contributed by atoms with van der Waals surface area (Å²) < 4.78 is 39.2. The third-order valence-electron chi connectivity index (χ3n) is 2.76. The number of aromatic nitrogens is 4. The lowest BCUT2D eigenvalue weighted by Crippen LogP contribution is -2.05. The number of halogens is 3. The van der Waals surface area contributed by atoms with Crippen LogP contribution in [0.2, 0.25) is 0 Å². The Morgan fingerprint density at radius 3 is 2.81 bits per heavy atom. The van der Waals surface area contributed by atoms with E-state index in [4.69, 9.17) is 0 Å². The maximum Gasteiger partial charge on any atom is 0.435 e. The second-order valence-corrected chi connectivity index (χ2v) is 5.67. The molecule has 0 saturated carbocycles. The number of hydrogen-bond acceptors (Lipinski definition) is 5. The van der Waals surface area contributed by atoms with E-state index in [2.05, 4.69) is 20.4 Å². The summed E-state index contributed by atoms with van der Waals surface area (Å²) in [7, 11) is 0. The highest BCUT2D eigenvalue weighted by molar-refractivity contribution is 7.11. The van der Waals surface area contributed by atoms with Gasteiger partial charge in [0.25, 0.3) is 0 Å². The fourth-order valence-electron chi connectivity index (χ4n) is 1.84. The van der Waals surface area contributed by atoms with Crippen LogP contribution in [0.1, 0.15) is 15.6 Å². The van der Waals surface area contributed by atoms with Crippen LogP contribution in [-0.2, 0) is 12.7 Å². The average molecular weight is 313 g/mol. The average Bonchev–Trinajstić information content (AvgIpc) is 3.01. The van der Waals surface area contributed by atoms with Gasteiger partial charge in [0, 0.05) is 29.5 Å². The number of thiazole rings is 1. The summed E-state index contributed by atoms with van der Waals surface area (Å²) in [6.07, 6.45) is 0.0465. The third kappa shape index (κ3) is 2.82. The highest BCUT2D eigenvalue weighted by Gasteiger charge is 2.34. The molecule has 3 aromatic heterocycles. The Bertz CT molecular complexity index is 777. The summed E-state index contributed by atoms with van der Waals surface area (Å²) in [6.45, 7) is 2.34. The molecule has 0 aliphatic rings. The molecule has 0 radical (unpaired) electrons. The van der Waals surface area contributed by atoms with E-state index in [0.717, 1.165) is 20.5 Å². The topological polar surface area (TPSA) is 55.1 Å². The first-order valence-electron chi connectivity index (χ1n) is 6.00. The Kier molecular flexibility index (Phi) is 3.28. The molecule has 9 heteroatoms. The second kappa shape index (κ2) is 4.99.